The fourth-order valence-electron chi connectivity index (χ4n) is 2.52. The standard InChI is InChI=1S/C15H18F4N2O3/c1-9-6-21(7-10(2)24-9)13-4-3-11(5-12(13)16)20-14(22)23-8-15(17,18)19/h3-5,9-10H,6-8H2,1-2H3,(H,20,22). The zero-order valence-corrected chi connectivity index (χ0v) is 13.2. The molecule has 0 aromatic heterocycles. The number of anilines is 2. The van der Waals surface area contributed by atoms with Gasteiger partial charge in [-0.1, -0.05) is 0 Å². The molecule has 1 amide bonds. The van der Waals surface area contributed by atoms with Gasteiger partial charge in [0.1, 0.15) is 5.82 Å². The summed E-state index contributed by atoms with van der Waals surface area (Å²) >= 11 is 0. The average Bonchev–Trinajstić information content (AvgIpc) is 2.43. The second-order valence-corrected chi connectivity index (χ2v) is 5.64. The van der Waals surface area contributed by atoms with Crippen LogP contribution in [0.4, 0.5) is 33.7 Å². The van der Waals surface area contributed by atoms with E-state index in [2.05, 4.69) is 10.1 Å². The average molecular weight is 350 g/mol. The highest BCUT2D eigenvalue weighted by Gasteiger charge is 2.29. The van der Waals surface area contributed by atoms with Crippen LogP contribution in [0.15, 0.2) is 18.2 Å². The highest BCUT2D eigenvalue weighted by atomic mass is 19.4. The quantitative estimate of drug-likeness (QED) is 0.847. The molecule has 134 valence electrons. The Hall–Kier alpha value is -2.03. The number of carbonyl (C=O) groups is 1. The molecule has 1 aliphatic heterocycles. The normalized spacial score (nSPS) is 21.5. The van der Waals surface area contributed by atoms with Gasteiger partial charge < -0.3 is 14.4 Å². The molecule has 0 spiro atoms. The number of halogens is 4. The molecule has 1 heterocycles. The van der Waals surface area contributed by atoms with Crippen LogP contribution in [0.1, 0.15) is 13.8 Å². The predicted molar refractivity (Wildman–Crippen MR) is 79.6 cm³/mol. The molecule has 2 atom stereocenters. The number of carbonyl (C=O) groups excluding carboxylic acids is 1. The lowest BCUT2D eigenvalue weighted by Gasteiger charge is -2.37. The lowest BCUT2D eigenvalue weighted by molar-refractivity contribution is -0.159. The molecule has 2 unspecified atom stereocenters. The second-order valence-electron chi connectivity index (χ2n) is 5.64. The van der Waals surface area contributed by atoms with Gasteiger partial charge in [0, 0.05) is 18.8 Å². The third kappa shape index (κ3) is 5.26. The molecule has 0 bridgehead atoms. The Bertz CT molecular complexity index is 585. The van der Waals surface area contributed by atoms with Gasteiger partial charge in [0.2, 0.25) is 0 Å². The minimum Gasteiger partial charge on any atom is -0.440 e. The van der Waals surface area contributed by atoms with Crippen molar-refractivity contribution in [2.75, 3.05) is 29.9 Å². The summed E-state index contributed by atoms with van der Waals surface area (Å²) in [4.78, 5) is 13.1. The summed E-state index contributed by atoms with van der Waals surface area (Å²) < 4.78 is 59.7. The van der Waals surface area contributed by atoms with E-state index in [9.17, 15) is 22.4 Å². The third-order valence-electron chi connectivity index (χ3n) is 3.32. The zero-order chi connectivity index (χ0) is 17.9. The van der Waals surface area contributed by atoms with Gasteiger partial charge >= 0.3 is 12.3 Å². The number of nitrogens with one attached hydrogen (secondary N) is 1. The maximum atomic E-state index is 14.3. The van der Waals surface area contributed by atoms with Gasteiger partial charge in [0.25, 0.3) is 0 Å². The minimum absolute atomic E-state index is 0.0118. The molecule has 0 radical (unpaired) electrons. The first-order chi connectivity index (χ1) is 11.1. The van der Waals surface area contributed by atoms with Crippen molar-refractivity contribution in [2.45, 2.75) is 32.2 Å². The maximum absolute atomic E-state index is 14.3. The van der Waals surface area contributed by atoms with Crippen molar-refractivity contribution in [3.05, 3.63) is 24.0 Å². The van der Waals surface area contributed by atoms with Crippen LogP contribution < -0.4 is 10.2 Å². The van der Waals surface area contributed by atoms with Gasteiger partial charge in [-0.15, -0.1) is 0 Å². The Balaban J connectivity index is 2.00. The van der Waals surface area contributed by atoms with E-state index in [-0.39, 0.29) is 17.9 Å². The molecular weight excluding hydrogens is 332 g/mol. The molecular formula is C15H18F4N2O3. The van der Waals surface area contributed by atoms with Gasteiger partial charge in [-0.05, 0) is 32.0 Å². The third-order valence-corrected chi connectivity index (χ3v) is 3.32. The lowest BCUT2D eigenvalue weighted by Crippen LogP contribution is -2.45. The van der Waals surface area contributed by atoms with Crippen molar-refractivity contribution < 1.29 is 31.8 Å². The summed E-state index contributed by atoms with van der Waals surface area (Å²) in [5.41, 5.74) is 0.351. The summed E-state index contributed by atoms with van der Waals surface area (Å²) in [5, 5.41) is 2.06. The molecule has 2 rings (SSSR count). The van der Waals surface area contributed by atoms with E-state index < -0.39 is 24.7 Å². The van der Waals surface area contributed by atoms with E-state index in [1.165, 1.54) is 12.1 Å². The van der Waals surface area contributed by atoms with Crippen molar-refractivity contribution in [2.24, 2.45) is 0 Å². The number of hydrogen-bond acceptors (Lipinski definition) is 4. The Kier molecular flexibility index (Phi) is 5.53. The molecule has 9 heteroatoms. The van der Waals surface area contributed by atoms with E-state index in [1.54, 1.807) is 0 Å². The number of alkyl halides is 3. The van der Waals surface area contributed by atoms with Crippen LogP contribution in [0.25, 0.3) is 0 Å². The molecule has 1 aromatic rings. The van der Waals surface area contributed by atoms with Gasteiger partial charge in [0.05, 0.1) is 17.9 Å². The molecule has 1 aliphatic rings. The number of nitrogens with zero attached hydrogens (tertiary/aromatic N) is 1. The lowest BCUT2D eigenvalue weighted by atomic mass is 10.2. The number of ether oxygens (including phenoxy) is 2. The monoisotopic (exact) mass is 350 g/mol. The molecule has 1 fully saturated rings. The SMILES string of the molecule is CC1CN(c2ccc(NC(=O)OCC(F)(F)F)cc2F)CC(C)O1. The summed E-state index contributed by atoms with van der Waals surface area (Å²) in [6.45, 7) is 3.09. The molecule has 0 aliphatic carbocycles. The Morgan fingerprint density at radius 2 is 1.96 bits per heavy atom. The predicted octanol–water partition coefficient (Wildman–Crippen LogP) is 3.55. The Labute approximate surface area is 136 Å². The zero-order valence-electron chi connectivity index (χ0n) is 13.2. The molecule has 1 aromatic carbocycles. The Morgan fingerprint density at radius 3 is 2.50 bits per heavy atom. The minimum atomic E-state index is -4.61. The summed E-state index contributed by atoms with van der Waals surface area (Å²) in [7, 11) is 0. The summed E-state index contributed by atoms with van der Waals surface area (Å²) in [6, 6.07) is 3.90. The first-order valence-corrected chi connectivity index (χ1v) is 7.34. The van der Waals surface area contributed by atoms with E-state index in [1.807, 2.05) is 18.7 Å². The van der Waals surface area contributed by atoms with E-state index >= 15 is 0 Å². The van der Waals surface area contributed by atoms with Gasteiger partial charge in [-0.3, -0.25) is 5.32 Å². The van der Waals surface area contributed by atoms with E-state index in [0.717, 1.165) is 6.07 Å². The Morgan fingerprint density at radius 1 is 1.33 bits per heavy atom. The van der Waals surface area contributed by atoms with Crippen LogP contribution in [-0.2, 0) is 9.47 Å². The van der Waals surface area contributed by atoms with Crippen LogP contribution in [0, 0.1) is 5.82 Å². The van der Waals surface area contributed by atoms with Crippen molar-refractivity contribution in [3.8, 4) is 0 Å². The van der Waals surface area contributed by atoms with Crippen LogP contribution >= 0.6 is 0 Å². The van der Waals surface area contributed by atoms with Crippen LogP contribution in [0.2, 0.25) is 0 Å². The number of benzene rings is 1. The first kappa shape index (κ1) is 18.3. The van der Waals surface area contributed by atoms with E-state index in [0.29, 0.717) is 18.8 Å². The smallest absolute Gasteiger partial charge is 0.422 e. The van der Waals surface area contributed by atoms with Crippen LogP contribution in [-0.4, -0.2) is 44.2 Å². The first-order valence-electron chi connectivity index (χ1n) is 7.34. The van der Waals surface area contributed by atoms with Crippen molar-refractivity contribution in [1.29, 1.82) is 0 Å². The molecule has 5 nitrogen and oxygen atoms in total. The summed E-state index contributed by atoms with van der Waals surface area (Å²) in [6.07, 6.45) is -6.02. The fraction of sp³-hybridized carbons (Fsp3) is 0.533. The number of hydrogen-bond donors (Lipinski definition) is 1. The van der Waals surface area contributed by atoms with E-state index in [4.69, 9.17) is 4.74 Å². The molecule has 1 saturated heterocycles. The van der Waals surface area contributed by atoms with Crippen molar-refractivity contribution in [1.82, 2.24) is 0 Å². The van der Waals surface area contributed by atoms with Crippen molar-refractivity contribution >= 4 is 17.5 Å². The maximum Gasteiger partial charge on any atom is 0.422 e. The fourth-order valence-corrected chi connectivity index (χ4v) is 2.52. The molecule has 0 saturated carbocycles. The number of rotatable bonds is 3. The summed E-state index contributed by atoms with van der Waals surface area (Å²) in [5.74, 6) is -0.593. The highest BCUT2D eigenvalue weighted by molar-refractivity contribution is 5.85. The molecule has 1 N–H and O–H groups in total. The topological polar surface area (TPSA) is 50.8 Å². The van der Waals surface area contributed by atoms with Gasteiger partial charge in [0.15, 0.2) is 6.61 Å². The largest absolute Gasteiger partial charge is 0.440 e. The second kappa shape index (κ2) is 7.25. The van der Waals surface area contributed by atoms with Gasteiger partial charge in [-0.2, -0.15) is 13.2 Å². The highest BCUT2D eigenvalue weighted by Crippen LogP contribution is 2.26. The molecule has 24 heavy (non-hydrogen) atoms. The van der Waals surface area contributed by atoms with Crippen LogP contribution in [0.3, 0.4) is 0 Å². The number of amides is 1. The van der Waals surface area contributed by atoms with Crippen LogP contribution in [0.5, 0.6) is 0 Å². The number of morpholine rings is 1. The van der Waals surface area contributed by atoms with Gasteiger partial charge in [-0.25, -0.2) is 9.18 Å². The van der Waals surface area contributed by atoms with Crippen molar-refractivity contribution in [3.63, 3.8) is 0 Å².